The minimum absolute atomic E-state index is 0.177. The third kappa shape index (κ3) is 6.70. The molecule has 5 rings (SSSR count). The Morgan fingerprint density at radius 3 is 2.29 bits per heavy atom. The Bertz CT molecular complexity index is 1050. The summed E-state index contributed by atoms with van der Waals surface area (Å²) in [5.74, 6) is 2.35. The average molecular weight is 496 g/mol. The first kappa shape index (κ1) is 24.4. The van der Waals surface area contributed by atoms with Crippen molar-refractivity contribution in [2.75, 3.05) is 51.7 Å². The van der Waals surface area contributed by atoms with Gasteiger partial charge in [-0.05, 0) is 49.2 Å². The Kier molecular flexibility index (Phi) is 8.46. The number of halogens is 1. The molecule has 6 nitrogen and oxygen atoms in total. The normalized spacial score (nSPS) is 18.2. The van der Waals surface area contributed by atoms with E-state index in [2.05, 4.69) is 49.8 Å². The molecule has 2 aromatic carbocycles. The van der Waals surface area contributed by atoms with Gasteiger partial charge in [0.1, 0.15) is 11.6 Å². The number of piperidine rings is 1. The molecule has 0 aliphatic carbocycles. The zero-order valence-corrected chi connectivity index (χ0v) is 21.0. The maximum atomic E-state index is 13.2. The van der Waals surface area contributed by atoms with Crippen LogP contribution in [-0.2, 0) is 17.8 Å². The third-order valence-electron chi connectivity index (χ3n) is 6.94. The standard InChI is InChI=1S/C27H34FN5OS/c28-25-8-6-23(7-9-25)20-32-12-10-24(11-13-32)26-29-30-27(33(26)21-22-4-2-1-3-5-22)35-19-16-31-14-17-34-18-15-31/h1-9,24H,10-21H2. The number of rotatable bonds is 9. The van der Waals surface area contributed by atoms with E-state index in [-0.39, 0.29) is 5.82 Å². The average Bonchev–Trinajstić information content (AvgIpc) is 3.29. The maximum absolute atomic E-state index is 13.2. The van der Waals surface area contributed by atoms with Crippen molar-refractivity contribution in [3.8, 4) is 0 Å². The van der Waals surface area contributed by atoms with Crippen molar-refractivity contribution in [1.82, 2.24) is 24.6 Å². The van der Waals surface area contributed by atoms with E-state index in [1.807, 2.05) is 23.9 Å². The molecule has 0 atom stereocenters. The largest absolute Gasteiger partial charge is 0.379 e. The molecule has 0 unspecified atom stereocenters. The zero-order chi connectivity index (χ0) is 23.9. The lowest BCUT2D eigenvalue weighted by atomic mass is 9.95. The molecule has 35 heavy (non-hydrogen) atoms. The monoisotopic (exact) mass is 495 g/mol. The predicted octanol–water partition coefficient (Wildman–Crippen LogP) is 4.27. The minimum Gasteiger partial charge on any atom is -0.379 e. The highest BCUT2D eigenvalue weighted by Gasteiger charge is 2.26. The number of thioether (sulfide) groups is 1. The second-order valence-electron chi connectivity index (χ2n) is 9.39. The smallest absolute Gasteiger partial charge is 0.191 e. The lowest BCUT2D eigenvalue weighted by Gasteiger charge is -2.31. The first-order valence-electron chi connectivity index (χ1n) is 12.6. The van der Waals surface area contributed by atoms with E-state index in [0.29, 0.717) is 5.92 Å². The molecule has 3 aromatic rings. The van der Waals surface area contributed by atoms with Crippen molar-refractivity contribution >= 4 is 11.8 Å². The van der Waals surface area contributed by atoms with Gasteiger partial charge < -0.3 is 9.30 Å². The van der Waals surface area contributed by atoms with Gasteiger partial charge in [0, 0.05) is 37.8 Å². The number of aromatic nitrogens is 3. The van der Waals surface area contributed by atoms with Gasteiger partial charge in [-0.3, -0.25) is 9.80 Å². The topological polar surface area (TPSA) is 46.4 Å². The molecule has 1 aromatic heterocycles. The molecule has 186 valence electrons. The van der Waals surface area contributed by atoms with Gasteiger partial charge in [0.05, 0.1) is 19.8 Å². The van der Waals surface area contributed by atoms with Gasteiger partial charge >= 0.3 is 0 Å². The second-order valence-corrected chi connectivity index (χ2v) is 10.5. The highest BCUT2D eigenvalue weighted by atomic mass is 32.2. The molecule has 2 fully saturated rings. The summed E-state index contributed by atoms with van der Waals surface area (Å²) in [5, 5.41) is 10.4. The summed E-state index contributed by atoms with van der Waals surface area (Å²) < 4.78 is 21.1. The molecular formula is C27H34FN5OS. The Morgan fingerprint density at radius 2 is 1.54 bits per heavy atom. The van der Waals surface area contributed by atoms with Gasteiger partial charge in [0.2, 0.25) is 0 Å². The number of nitrogens with zero attached hydrogens (tertiary/aromatic N) is 5. The fraction of sp³-hybridized carbons (Fsp3) is 0.481. The van der Waals surface area contributed by atoms with Crippen LogP contribution >= 0.6 is 11.8 Å². The van der Waals surface area contributed by atoms with Crippen LogP contribution in [0.25, 0.3) is 0 Å². The molecule has 0 amide bonds. The fourth-order valence-corrected chi connectivity index (χ4v) is 5.86. The molecular weight excluding hydrogens is 461 g/mol. The fourth-order valence-electron chi connectivity index (χ4n) is 4.91. The van der Waals surface area contributed by atoms with Crippen molar-refractivity contribution in [1.29, 1.82) is 0 Å². The summed E-state index contributed by atoms with van der Waals surface area (Å²) in [5.41, 5.74) is 2.44. The van der Waals surface area contributed by atoms with E-state index in [0.717, 1.165) is 94.2 Å². The van der Waals surface area contributed by atoms with E-state index in [1.165, 1.54) is 5.56 Å². The third-order valence-corrected chi connectivity index (χ3v) is 7.89. The Labute approximate surface area is 211 Å². The van der Waals surface area contributed by atoms with Gasteiger partial charge in [-0.1, -0.05) is 54.2 Å². The summed E-state index contributed by atoms with van der Waals surface area (Å²) in [6.45, 7) is 8.43. The van der Waals surface area contributed by atoms with Crippen molar-refractivity contribution in [3.05, 3.63) is 77.4 Å². The summed E-state index contributed by atoms with van der Waals surface area (Å²) >= 11 is 1.81. The van der Waals surface area contributed by atoms with Crippen LogP contribution < -0.4 is 0 Å². The van der Waals surface area contributed by atoms with Gasteiger partial charge in [0.25, 0.3) is 0 Å². The maximum Gasteiger partial charge on any atom is 0.191 e. The van der Waals surface area contributed by atoms with E-state index < -0.39 is 0 Å². The minimum atomic E-state index is -0.177. The first-order valence-corrected chi connectivity index (χ1v) is 13.6. The summed E-state index contributed by atoms with van der Waals surface area (Å²) in [6.07, 6.45) is 2.12. The number of benzene rings is 2. The summed E-state index contributed by atoms with van der Waals surface area (Å²) in [7, 11) is 0. The van der Waals surface area contributed by atoms with Crippen molar-refractivity contribution in [2.45, 2.75) is 37.0 Å². The SMILES string of the molecule is Fc1ccc(CN2CCC(c3nnc(SCCN4CCOCC4)n3Cc3ccccc3)CC2)cc1. The summed E-state index contributed by atoms with van der Waals surface area (Å²) in [4.78, 5) is 4.92. The van der Waals surface area contributed by atoms with Crippen LogP contribution in [0.3, 0.4) is 0 Å². The van der Waals surface area contributed by atoms with Crippen LogP contribution in [-0.4, -0.2) is 76.3 Å². The lowest BCUT2D eigenvalue weighted by molar-refractivity contribution is 0.0410. The van der Waals surface area contributed by atoms with Crippen LogP contribution in [0.1, 0.15) is 35.7 Å². The van der Waals surface area contributed by atoms with E-state index in [9.17, 15) is 4.39 Å². The quantitative estimate of drug-likeness (QED) is 0.413. The van der Waals surface area contributed by atoms with Crippen LogP contribution in [0.5, 0.6) is 0 Å². The van der Waals surface area contributed by atoms with Crippen molar-refractivity contribution < 1.29 is 9.13 Å². The molecule has 2 aliphatic rings. The number of hydrogen-bond donors (Lipinski definition) is 0. The molecule has 0 N–H and O–H groups in total. The van der Waals surface area contributed by atoms with Gasteiger partial charge in [-0.2, -0.15) is 0 Å². The highest BCUT2D eigenvalue weighted by molar-refractivity contribution is 7.99. The number of likely N-dealkylation sites (tertiary alicyclic amines) is 1. The predicted molar refractivity (Wildman–Crippen MR) is 137 cm³/mol. The van der Waals surface area contributed by atoms with Gasteiger partial charge in [-0.15, -0.1) is 10.2 Å². The molecule has 3 heterocycles. The van der Waals surface area contributed by atoms with Crippen LogP contribution in [0.15, 0.2) is 59.8 Å². The van der Waals surface area contributed by atoms with Crippen LogP contribution in [0.2, 0.25) is 0 Å². The Balaban J connectivity index is 1.23. The molecule has 8 heteroatoms. The zero-order valence-electron chi connectivity index (χ0n) is 20.2. The van der Waals surface area contributed by atoms with Gasteiger partial charge in [-0.25, -0.2) is 4.39 Å². The molecule has 2 saturated heterocycles. The first-order chi connectivity index (χ1) is 17.2. The molecule has 2 aliphatic heterocycles. The van der Waals surface area contributed by atoms with Crippen LogP contribution in [0, 0.1) is 5.82 Å². The molecule has 0 radical (unpaired) electrons. The van der Waals surface area contributed by atoms with Gasteiger partial charge in [0.15, 0.2) is 5.16 Å². The van der Waals surface area contributed by atoms with E-state index >= 15 is 0 Å². The second kappa shape index (κ2) is 12.1. The highest BCUT2D eigenvalue weighted by Crippen LogP contribution is 2.31. The van der Waals surface area contributed by atoms with E-state index in [4.69, 9.17) is 9.84 Å². The Hall–Kier alpha value is -2.26. The molecule has 0 bridgehead atoms. The van der Waals surface area contributed by atoms with E-state index in [1.54, 1.807) is 12.1 Å². The van der Waals surface area contributed by atoms with Crippen molar-refractivity contribution in [3.63, 3.8) is 0 Å². The summed E-state index contributed by atoms with van der Waals surface area (Å²) in [6, 6.07) is 17.5. The number of hydrogen-bond acceptors (Lipinski definition) is 6. The van der Waals surface area contributed by atoms with Crippen LogP contribution in [0.4, 0.5) is 4.39 Å². The van der Waals surface area contributed by atoms with Crippen molar-refractivity contribution in [2.24, 2.45) is 0 Å². The number of ether oxygens (including phenoxy) is 1. The lowest BCUT2D eigenvalue weighted by Crippen LogP contribution is -2.37. The number of morpholine rings is 1. The Morgan fingerprint density at radius 1 is 0.829 bits per heavy atom. The molecule has 0 spiro atoms. The molecule has 0 saturated carbocycles.